The molecule has 0 atom stereocenters. The molecule has 0 spiro atoms. The summed E-state index contributed by atoms with van der Waals surface area (Å²) in [5.74, 6) is 0. The second-order valence-electron chi connectivity index (χ2n) is 4.61. The van der Waals surface area contributed by atoms with Gasteiger partial charge in [0.1, 0.15) is 0 Å². The minimum absolute atomic E-state index is 0.691. The standard InChI is InChI=1S/C15H11N5/c16-10-3-4-11-9(8-10)5-7-17-13(11)14-12-2-1-6-18-15(12)20-19-14/h1-8H,16H2,(H,18,19,20). The van der Waals surface area contributed by atoms with Crippen LogP contribution in [0.4, 0.5) is 5.69 Å². The first-order valence-electron chi connectivity index (χ1n) is 6.26. The number of anilines is 1. The molecule has 0 saturated carbocycles. The Bertz CT molecular complexity index is 926. The van der Waals surface area contributed by atoms with Gasteiger partial charge < -0.3 is 5.73 Å². The van der Waals surface area contributed by atoms with Gasteiger partial charge in [0.15, 0.2) is 5.65 Å². The highest BCUT2D eigenvalue weighted by molar-refractivity contribution is 6.01. The Morgan fingerprint density at radius 2 is 1.90 bits per heavy atom. The van der Waals surface area contributed by atoms with E-state index in [1.807, 2.05) is 36.4 Å². The van der Waals surface area contributed by atoms with Crippen LogP contribution in [0.15, 0.2) is 48.8 Å². The number of rotatable bonds is 1. The summed E-state index contributed by atoms with van der Waals surface area (Å²) in [5.41, 5.74) is 9.00. The summed E-state index contributed by atoms with van der Waals surface area (Å²) in [6.45, 7) is 0. The Hall–Kier alpha value is -2.95. The zero-order chi connectivity index (χ0) is 13.5. The van der Waals surface area contributed by atoms with Gasteiger partial charge in [0, 0.05) is 28.9 Å². The Labute approximate surface area is 114 Å². The van der Waals surface area contributed by atoms with Crippen LogP contribution < -0.4 is 5.73 Å². The number of nitrogens with two attached hydrogens (primary N) is 1. The molecule has 3 heterocycles. The van der Waals surface area contributed by atoms with Crippen molar-refractivity contribution >= 4 is 27.5 Å². The molecule has 3 N–H and O–H groups in total. The highest BCUT2D eigenvalue weighted by atomic mass is 15.2. The van der Waals surface area contributed by atoms with Crippen molar-refractivity contribution < 1.29 is 0 Å². The minimum atomic E-state index is 0.691. The number of fused-ring (bicyclic) bond motifs is 2. The number of pyridine rings is 2. The van der Waals surface area contributed by atoms with Crippen LogP contribution in [0.5, 0.6) is 0 Å². The van der Waals surface area contributed by atoms with Crippen LogP contribution in [-0.4, -0.2) is 20.2 Å². The number of aromatic amines is 1. The number of hydrogen-bond donors (Lipinski definition) is 2. The van der Waals surface area contributed by atoms with E-state index in [2.05, 4.69) is 20.2 Å². The molecule has 0 aliphatic carbocycles. The van der Waals surface area contributed by atoms with E-state index in [1.165, 1.54) is 0 Å². The minimum Gasteiger partial charge on any atom is -0.399 e. The van der Waals surface area contributed by atoms with Gasteiger partial charge in [-0.1, -0.05) is 6.07 Å². The van der Waals surface area contributed by atoms with Gasteiger partial charge in [0.05, 0.1) is 11.4 Å². The number of nitrogens with one attached hydrogen (secondary N) is 1. The van der Waals surface area contributed by atoms with Crippen molar-refractivity contribution in [1.29, 1.82) is 0 Å². The van der Waals surface area contributed by atoms with Crippen LogP contribution in [0.3, 0.4) is 0 Å². The maximum Gasteiger partial charge on any atom is 0.181 e. The molecular formula is C15H11N5. The number of nitrogens with zero attached hydrogens (tertiary/aromatic N) is 3. The average Bonchev–Trinajstić information content (AvgIpc) is 2.90. The molecule has 0 bridgehead atoms. The number of aromatic nitrogens is 4. The Balaban J connectivity index is 2.07. The number of hydrogen-bond acceptors (Lipinski definition) is 4. The molecule has 96 valence electrons. The summed E-state index contributed by atoms with van der Waals surface area (Å²) >= 11 is 0. The quantitative estimate of drug-likeness (QED) is 0.516. The molecular weight excluding hydrogens is 250 g/mol. The lowest BCUT2D eigenvalue weighted by Crippen LogP contribution is -1.89. The second kappa shape index (κ2) is 4.03. The Morgan fingerprint density at radius 3 is 2.85 bits per heavy atom. The van der Waals surface area contributed by atoms with Crippen molar-refractivity contribution in [3.63, 3.8) is 0 Å². The van der Waals surface area contributed by atoms with Gasteiger partial charge in [-0.15, -0.1) is 0 Å². The topological polar surface area (TPSA) is 80.5 Å². The van der Waals surface area contributed by atoms with Gasteiger partial charge >= 0.3 is 0 Å². The highest BCUT2D eigenvalue weighted by Gasteiger charge is 2.12. The van der Waals surface area contributed by atoms with Crippen molar-refractivity contribution in [3.05, 3.63) is 48.8 Å². The zero-order valence-corrected chi connectivity index (χ0v) is 10.5. The molecule has 0 unspecified atom stereocenters. The summed E-state index contributed by atoms with van der Waals surface area (Å²) < 4.78 is 0. The number of H-pyrrole nitrogens is 1. The molecule has 3 aromatic heterocycles. The third-order valence-corrected chi connectivity index (χ3v) is 3.35. The monoisotopic (exact) mass is 261 g/mol. The molecule has 0 fully saturated rings. The summed E-state index contributed by atoms with van der Waals surface area (Å²) in [7, 11) is 0. The van der Waals surface area contributed by atoms with E-state index in [4.69, 9.17) is 5.73 Å². The van der Waals surface area contributed by atoms with E-state index < -0.39 is 0 Å². The van der Waals surface area contributed by atoms with Gasteiger partial charge in [-0.05, 0) is 35.7 Å². The number of benzene rings is 1. The summed E-state index contributed by atoms with van der Waals surface area (Å²) in [6.07, 6.45) is 3.50. The SMILES string of the molecule is Nc1ccc2c(-c3[nH]nc4ncccc34)nccc2c1. The predicted octanol–water partition coefficient (Wildman–Crippen LogP) is 2.76. The lowest BCUT2D eigenvalue weighted by atomic mass is 10.1. The van der Waals surface area contributed by atoms with Crippen molar-refractivity contribution in [2.45, 2.75) is 0 Å². The molecule has 4 aromatic rings. The second-order valence-corrected chi connectivity index (χ2v) is 4.61. The molecule has 0 saturated heterocycles. The predicted molar refractivity (Wildman–Crippen MR) is 79.0 cm³/mol. The fourth-order valence-electron chi connectivity index (χ4n) is 2.43. The van der Waals surface area contributed by atoms with E-state index in [0.717, 1.165) is 33.2 Å². The molecule has 0 amide bonds. The molecule has 5 nitrogen and oxygen atoms in total. The zero-order valence-electron chi connectivity index (χ0n) is 10.5. The van der Waals surface area contributed by atoms with Gasteiger partial charge in [0.25, 0.3) is 0 Å². The van der Waals surface area contributed by atoms with Crippen molar-refractivity contribution in [1.82, 2.24) is 20.2 Å². The Kier molecular flexibility index (Phi) is 2.20. The third-order valence-electron chi connectivity index (χ3n) is 3.35. The van der Waals surface area contributed by atoms with E-state index >= 15 is 0 Å². The maximum atomic E-state index is 5.83. The van der Waals surface area contributed by atoms with Crippen molar-refractivity contribution in [3.8, 4) is 11.4 Å². The fraction of sp³-hybridized carbons (Fsp3) is 0. The smallest absolute Gasteiger partial charge is 0.181 e. The first kappa shape index (κ1) is 10.9. The largest absolute Gasteiger partial charge is 0.399 e. The molecule has 5 heteroatoms. The fourth-order valence-corrected chi connectivity index (χ4v) is 2.43. The average molecular weight is 261 g/mol. The van der Waals surface area contributed by atoms with Gasteiger partial charge in [-0.25, -0.2) is 4.98 Å². The van der Waals surface area contributed by atoms with E-state index in [-0.39, 0.29) is 0 Å². The lowest BCUT2D eigenvalue weighted by Gasteiger charge is -2.05. The van der Waals surface area contributed by atoms with Crippen LogP contribution in [0.2, 0.25) is 0 Å². The van der Waals surface area contributed by atoms with E-state index in [9.17, 15) is 0 Å². The molecule has 1 aromatic carbocycles. The van der Waals surface area contributed by atoms with Crippen molar-refractivity contribution in [2.24, 2.45) is 0 Å². The first-order chi connectivity index (χ1) is 9.83. The molecule has 0 radical (unpaired) electrons. The van der Waals surface area contributed by atoms with Crippen molar-refractivity contribution in [2.75, 3.05) is 5.73 Å². The van der Waals surface area contributed by atoms with Gasteiger partial charge in [-0.2, -0.15) is 5.10 Å². The van der Waals surface area contributed by atoms with Crippen LogP contribution in [0.25, 0.3) is 33.2 Å². The molecule has 0 aliphatic rings. The van der Waals surface area contributed by atoms with Crippen LogP contribution in [0.1, 0.15) is 0 Å². The maximum absolute atomic E-state index is 5.83. The summed E-state index contributed by atoms with van der Waals surface area (Å²) in [6, 6.07) is 11.6. The molecule has 20 heavy (non-hydrogen) atoms. The third kappa shape index (κ3) is 1.53. The van der Waals surface area contributed by atoms with E-state index in [0.29, 0.717) is 5.65 Å². The van der Waals surface area contributed by atoms with Gasteiger partial charge in [-0.3, -0.25) is 10.1 Å². The number of nitrogen functional groups attached to an aromatic ring is 1. The first-order valence-corrected chi connectivity index (χ1v) is 6.26. The van der Waals surface area contributed by atoms with Gasteiger partial charge in [0.2, 0.25) is 0 Å². The lowest BCUT2D eigenvalue weighted by molar-refractivity contribution is 1.09. The molecule has 4 rings (SSSR count). The van der Waals surface area contributed by atoms with E-state index in [1.54, 1.807) is 12.4 Å². The highest BCUT2D eigenvalue weighted by Crippen LogP contribution is 2.30. The van der Waals surface area contributed by atoms with Crippen LogP contribution >= 0.6 is 0 Å². The summed E-state index contributed by atoms with van der Waals surface area (Å²) in [4.78, 5) is 8.72. The van der Waals surface area contributed by atoms with Crippen LogP contribution in [-0.2, 0) is 0 Å². The Morgan fingerprint density at radius 1 is 0.950 bits per heavy atom. The summed E-state index contributed by atoms with van der Waals surface area (Å²) in [5, 5.41) is 10.3. The molecule has 0 aliphatic heterocycles. The normalized spacial score (nSPS) is 11.2. The van der Waals surface area contributed by atoms with Crippen LogP contribution in [0, 0.1) is 0 Å².